The van der Waals surface area contributed by atoms with Crippen LogP contribution in [-0.4, -0.2) is 21.9 Å². The summed E-state index contributed by atoms with van der Waals surface area (Å²) in [5.41, 5.74) is 1.13. The predicted octanol–water partition coefficient (Wildman–Crippen LogP) is 2.63. The first-order valence-electron chi connectivity index (χ1n) is 4.03. The number of pyridine rings is 1. The van der Waals surface area contributed by atoms with Crippen LogP contribution < -0.4 is 0 Å². The fourth-order valence-corrected chi connectivity index (χ4v) is 2.32. The molecule has 0 aromatic carbocycles. The zero-order valence-corrected chi connectivity index (χ0v) is 10.0. The van der Waals surface area contributed by atoms with Gasteiger partial charge >= 0.3 is 0 Å². The van der Waals surface area contributed by atoms with E-state index in [9.17, 15) is 0 Å². The molecule has 0 aliphatic rings. The van der Waals surface area contributed by atoms with Crippen LogP contribution in [0.4, 0.5) is 0 Å². The summed E-state index contributed by atoms with van der Waals surface area (Å²) in [6.45, 7) is 4.15. The number of aliphatic hydroxyl groups is 1. The molecular weight excluding hydrogens is 250 g/mol. The van der Waals surface area contributed by atoms with Crippen molar-refractivity contribution < 1.29 is 5.11 Å². The van der Waals surface area contributed by atoms with Crippen LogP contribution in [0.3, 0.4) is 0 Å². The highest BCUT2D eigenvalue weighted by Gasteiger charge is 2.07. The first-order valence-corrected chi connectivity index (χ1v) is 5.70. The third-order valence-corrected chi connectivity index (χ3v) is 3.48. The van der Waals surface area contributed by atoms with Gasteiger partial charge in [-0.25, -0.2) is 4.98 Å². The Hall–Kier alpha value is -0.0600. The number of aromatic nitrogens is 1. The van der Waals surface area contributed by atoms with E-state index in [1.165, 1.54) is 0 Å². The molecule has 0 spiro atoms. The summed E-state index contributed by atoms with van der Waals surface area (Å²) in [6.07, 6.45) is 1.83. The van der Waals surface area contributed by atoms with Crippen LogP contribution in [0.5, 0.6) is 0 Å². The molecule has 1 aromatic heterocycles. The lowest BCUT2D eigenvalue weighted by molar-refractivity contribution is 0.300. The van der Waals surface area contributed by atoms with Crippen LogP contribution >= 0.6 is 27.7 Å². The highest BCUT2D eigenvalue weighted by molar-refractivity contribution is 9.10. The van der Waals surface area contributed by atoms with E-state index in [0.29, 0.717) is 0 Å². The van der Waals surface area contributed by atoms with E-state index in [1.807, 2.05) is 26.1 Å². The second kappa shape index (κ2) is 4.98. The number of nitrogens with zero attached hydrogens (tertiary/aromatic N) is 1. The maximum Gasteiger partial charge on any atom is 0.111 e. The fraction of sp³-hybridized carbons (Fsp3) is 0.444. The molecule has 0 bridgehead atoms. The summed E-state index contributed by atoms with van der Waals surface area (Å²) in [4.78, 5) is 4.27. The second-order valence-electron chi connectivity index (χ2n) is 2.91. The quantitative estimate of drug-likeness (QED) is 0.850. The number of rotatable bonds is 3. The van der Waals surface area contributed by atoms with E-state index in [2.05, 4.69) is 20.9 Å². The van der Waals surface area contributed by atoms with Crippen LogP contribution in [0.2, 0.25) is 0 Å². The van der Waals surface area contributed by atoms with Crippen molar-refractivity contribution in [3.63, 3.8) is 0 Å². The van der Waals surface area contributed by atoms with Gasteiger partial charge in [-0.1, -0.05) is 18.7 Å². The van der Waals surface area contributed by atoms with Gasteiger partial charge in [-0.05, 0) is 34.5 Å². The third kappa shape index (κ3) is 3.29. The fourth-order valence-electron chi connectivity index (χ4n) is 0.836. The van der Waals surface area contributed by atoms with Crippen molar-refractivity contribution in [1.82, 2.24) is 4.98 Å². The third-order valence-electron chi connectivity index (χ3n) is 1.51. The summed E-state index contributed by atoms with van der Waals surface area (Å²) < 4.78 is 0.998. The average molecular weight is 262 g/mol. The Bertz CT molecular complexity index is 293. The first kappa shape index (κ1) is 11.0. The molecule has 0 radical (unpaired) electrons. The molecule has 0 aliphatic heterocycles. The molecule has 1 N–H and O–H groups in total. The van der Waals surface area contributed by atoms with Crippen molar-refractivity contribution in [3.05, 3.63) is 22.3 Å². The number of hydrogen-bond donors (Lipinski definition) is 1. The van der Waals surface area contributed by atoms with Crippen molar-refractivity contribution in [2.45, 2.75) is 24.1 Å². The lowest BCUT2D eigenvalue weighted by atomic mass is 10.3. The Morgan fingerprint density at radius 2 is 2.38 bits per heavy atom. The van der Waals surface area contributed by atoms with Gasteiger partial charge in [0.15, 0.2) is 0 Å². The molecule has 0 saturated carbocycles. The highest BCUT2D eigenvalue weighted by Crippen LogP contribution is 2.28. The van der Waals surface area contributed by atoms with E-state index < -0.39 is 0 Å². The van der Waals surface area contributed by atoms with Gasteiger partial charge in [0.1, 0.15) is 5.03 Å². The molecule has 4 heteroatoms. The van der Waals surface area contributed by atoms with Crippen molar-refractivity contribution in [1.29, 1.82) is 0 Å². The molecule has 1 atom stereocenters. The van der Waals surface area contributed by atoms with Crippen LogP contribution in [-0.2, 0) is 0 Å². The van der Waals surface area contributed by atoms with Crippen molar-refractivity contribution in [3.8, 4) is 0 Å². The van der Waals surface area contributed by atoms with E-state index in [-0.39, 0.29) is 11.9 Å². The largest absolute Gasteiger partial charge is 0.395 e. The summed E-state index contributed by atoms with van der Waals surface area (Å²) in [7, 11) is 0. The molecule has 0 aliphatic carbocycles. The Morgan fingerprint density at radius 1 is 1.69 bits per heavy atom. The van der Waals surface area contributed by atoms with Crippen molar-refractivity contribution in [2.75, 3.05) is 6.61 Å². The molecule has 0 amide bonds. The van der Waals surface area contributed by atoms with Gasteiger partial charge in [0, 0.05) is 11.4 Å². The van der Waals surface area contributed by atoms with Crippen LogP contribution in [0.25, 0.3) is 0 Å². The van der Waals surface area contributed by atoms with Crippen LogP contribution in [0, 0.1) is 6.92 Å². The number of aryl methyl sites for hydroxylation is 1. The summed E-state index contributed by atoms with van der Waals surface area (Å²) in [5, 5.41) is 10.0. The number of halogens is 1. The molecular formula is C9H12BrNOS. The number of aliphatic hydroxyl groups excluding tert-OH is 1. The van der Waals surface area contributed by atoms with Gasteiger partial charge in [-0.15, -0.1) is 0 Å². The van der Waals surface area contributed by atoms with E-state index in [0.717, 1.165) is 15.1 Å². The normalized spacial score (nSPS) is 12.9. The Kier molecular flexibility index (Phi) is 4.22. The SMILES string of the molecule is Cc1cnc(SC(C)CO)c(Br)c1. The minimum atomic E-state index is 0.173. The van der Waals surface area contributed by atoms with E-state index >= 15 is 0 Å². The predicted molar refractivity (Wildman–Crippen MR) is 59.1 cm³/mol. The molecule has 2 nitrogen and oxygen atoms in total. The average Bonchev–Trinajstić information content (AvgIpc) is 2.09. The number of thioether (sulfide) groups is 1. The van der Waals surface area contributed by atoms with E-state index in [1.54, 1.807) is 11.8 Å². The van der Waals surface area contributed by atoms with Gasteiger partial charge in [0.2, 0.25) is 0 Å². The second-order valence-corrected chi connectivity index (χ2v) is 5.19. The van der Waals surface area contributed by atoms with Crippen molar-refractivity contribution >= 4 is 27.7 Å². The smallest absolute Gasteiger partial charge is 0.111 e. The van der Waals surface area contributed by atoms with Crippen molar-refractivity contribution in [2.24, 2.45) is 0 Å². The Morgan fingerprint density at radius 3 is 2.92 bits per heavy atom. The minimum Gasteiger partial charge on any atom is -0.395 e. The highest BCUT2D eigenvalue weighted by atomic mass is 79.9. The Balaban J connectivity index is 2.77. The lowest BCUT2D eigenvalue weighted by Crippen LogP contribution is -2.02. The van der Waals surface area contributed by atoms with Gasteiger partial charge in [0.25, 0.3) is 0 Å². The maximum atomic E-state index is 8.88. The van der Waals surface area contributed by atoms with Gasteiger partial charge in [-0.3, -0.25) is 0 Å². The van der Waals surface area contributed by atoms with Crippen LogP contribution in [0.1, 0.15) is 12.5 Å². The van der Waals surface area contributed by atoms with Gasteiger partial charge in [0.05, 0.1) is 11.1 Å². The molecule has 72 valence electrons. The zero-order valence-electron chi connectivity index (χ0n) is 7.62. The van der Waals surface area contributed by atoms with E-state index in [4.69, 9.17) is 5.11 Å². The standard InChI is InChI=1S/C9H12BrNOS/c1-6-3-8(10)9(11-4-6)13-7(2)5-12/h3-4,7,12H,5H2,1-2H3. The summed E-state index contributed by atoms with van der Waals surface area (Å²) >= 11 is 5.01. The minimum absolute atomic E-state index is 0.173. The number of hydrogen-bond acceptors (Lipinski definition) is 3. The maximum absolute atomic E-state index is 8.88. The molecule has 1 rings (SSSR count). The molecule has 0 saturated heterocycles. The van der Waals surface area contributed by atoms with Crippen LogP contribution in [0.15, 0.2) is 21.8 Å². The summed E-state index contributed by atoms with van der Waals surface area (Å²) in [6, 6.07) is 2.03. The summed E-state index contributed by atoms with van der Waals surface area (Å²) in [5.74, 6) is 0. The Labute approximate surface area is 90.9 Å². The lowest BCUT2D eigenvalue weighted by Gasteiger charge is -2.08. The van der Waals surface area contributed by atoms with Gasteiger partial charge < -0.3 is 5.11 Å². The first-order chi connectivity index (χ1) is 6.13. The zero-order chi connectivity index (χ0) is 9.84. The molecule has 13 heavy (non-hydrogen) atoms. The van der Waals surface area contributed by atoms with Gasteiger partial charge in [-0.2, -0.15) is 0 Å². The molecule has 0 fully saturated rings. The monoisotopic (exact) mass is 261 g/mol. The topological polar surface area (TPSA) is 33.1 Å². The molecule has 1 heterocycles. The molecule has 1 aromatic rings. The molecule has 1 unspecified atom stereocenters.